The van der Waals surface area contributed by atoms with Crippen molar-refractivity contribution >= 4 is 0 Å². The largest absolute Gasteiger partial charge is 0.508 e. The van der Waals surface area contributed by atoms with Crippen LogP contribution in [0.15, 0.2) is 30.4 Å². The summed E-state index contributed by atoms with van der Waals surface area (Å²) in [6.45, 7) is 2.27. The molecule has 1 rings (SSSR count). The second-order valence-electron chi connectivity index (χ2n) is 7.11. The SMILES string of the molecule is CCCCCCCCCCC/C=C/CCCCc1c(O)cccc1O. The molecule has 0 spiro atoms. The summed E-state index contributed by atoms with van der Waals surface area (Å²) < 4.78 is 0. The summed E-state index contributed by atoms with van der Waals surface area (Å²) in [5, 5.41) is 19.5. The first-order valence-corrected chi connectivity index (χ1v) is 10.4. The van der Waals surface area contributed by atoms with Crippen molar-refractivity contribution in [3.8, 4) is 11.5 Å². The molecule has 0 amide bonds. The van der Waals surface area contributed by atoms with E-state index in [1.807, 2.05) is 0 Å². The van der Waals surface area contributed by atoms with Crippen LogP contribution >= 0.6 is 0 Å². The lowest BCUT2D eigenvalue weighted by Crippen LogP contribution is -1.87. The minimum absolute atomic E-state index is 0.209. The Morgan fingerprint density at radius 3 is 1.72 bits per heavy atom. The van der Waals surface area contributed by atoms with Gasteiger partial charge in [-0.2, -0.15) is 0 Å². The molecule has 0 atom stereocenters. The van der Waals surface area contributed by atoms with Gasteiger partial charge in [-0.3, -0.25) is 0 Å². The zero-order valence-corrected chi connectivity index (χ0v) is 16.2. The van der Waals surface area contributed by atoms with Gasteiger partial charge in [0.1, 0.15) is 11.5 Å². The number of phenolic OH excluding ortho intramolecular Hbond substituents is 2. The highest BCUT2D eigenvalue weighted by Gasteiger charge is 2.05. The first-order valence-electron chi connectivity index (χ1n) is 10.4. The third-order valence-corrected chi connectivity index (χ3v) is 4.82. The minimum atomic E-state index is 0.209. The molecule has 25 heavy (non-hydrogen) atoms. The van der Waals surface area contributed by atoms with Gasteiger partial charge in [-0.1, -0.05) is 76.5 Å². The van der Waals surface area contributed by atoms with Gasteiger partial charge in [-0.05, 0) is 50.7 Å². The van der Waals surface area contributed by atoms with Crippen LogP contribution in [-0.4, -0.2) is 10.2 Å². The lowest BCUT2D eigenvalue weighted by atomic mass is 10.0. The topological polar surface area (TPSA) is 40.5 Å². The summed E-state index contributed by atoms with van der Waals surface area (Å²) in [5.74, 6) is 0.418. The van der Waals surface area contributed by atoms with E-state index in [0.717, 1.165) is 25.7 Å². The molecular weight excluding hydrogens is 308 g/mol. The van der Waals surface area contributed by atoms with Crippen LogP contribution in [0.25, 0.3) is 0 Å². The molecule has 0 aromatic heterocycles. The highest BCUT2D eigenvalue weighted by Crippen LogP contribution is 2.27. The molecule has 0 bridgehead atoms. The van der Waals surface area contributed by atoms with E-state index in [9.17, 15) is 10.2 Å². The smallest absolute Gasteiger partial charge is 0.122 e. The molecule has 0 unspecified atom stereocenters. The second-order valence-corrected chi connectivity index (χ2v) is 7.11. The molecule has 0 radical (unpaired) electrons. The second kappa shape index (κ2) is 14.9. The molecule has 0 saturated carbocycles. The van der Waals surface area contributed by atoms with Crippen molar-refractivity contribution < 1.29 is 10.2 Å². The molecule has 0 aliphatic heterocycles. The van der Waals surface area contributed by atoms with Gasteiger partial charge >= 0.3 is 0 Å². The Balaban J connectivity index is 1.90. The van der Waals surface area contributed by atoms with Crippen molar-refractivity contribution in [2.24, 2.45) is 0 Å². The maximum atomic E-state index is 9.73. The van der Waals surface area contributed by atoms with Crippen LogP contribution in [0.1, 0.15) is 96.0 Å². The standard InChI is InChI=1S/C23H38O2/c1-2-3-4-5-6-7-8-9-10-11-12-13-14-15-16-18-21-22(24)19-17-20-23(21)25/h12-13,17,19-20,24-25H,2-11,14-16,18H2,1H3/b13-12+. The van der Waals surface area contributed by atoms with Crippen LogP contribution in [0.4, 0.5) is 0 Å². The normalized spacial score (nSPS) is 11.4. The molecule has 2 heteroatoms. The maximum absolute atomic E-state index is 9.73. The van der Waals surface area contributed by atoms with Crippen molar-refractivity contribution in [1.82, 2.24) is 0 Å². The number of hydrogen-bond acceptors (Lipinski definition) is 2. The number of allylic oxidation sites excluding steroid dienone is 2. The lowest BCUT2D eigenvalue weighted by Gasteiger charge is -2.06. The fourth-order valence-corrected chi connectivity index (χ4v) is 3.19. The predicted molar refractivity (Wildman–Crippen MR) is 108 cm³/mol. The van der Waals surface area contributed by atoms with Crippen molar-refractivity contribution in [3.05, 3.63) is 35.9 Å². The molecule has 2 N–H and O–H groups in total. The molecule has 0 aliphatic rings. The first-order chi connectivity index (χ1) is 12.3. The van der Waals surface area contributed by atoms with Gasteiger partial charge in [-0.25, -0.2) is 0 Å². The molecule has 1 aromatic carbocycles. The molecule has 0 aliphatic carbocycles. The quantitative estimate of drug-likeness (QED) is 0.258. The Morgan fingerprint density at radius 2 is 1.16 bits per heavy atom. The zero-order valence-electron chi connectivity index (χ0n) is 16.2. The van der Waals surface area contributed by atoms with E-state index in [1.54, 1.807) is 18.2 Å². The molecule has 0 heterocycles. The van der Waals surface area contributed by atoms with Crippen molar-refractivity contribution in [2.75, 3.05) is 0 Å². The molecule has 0 saturated heterocycles. The molecule has 1 aromatic rings. The van der Waals surface area contributed by atoms with Crippen LogP contribution < -0.4 is 0 Å². The maximum Gasteiger partial charge on any atom is 0.122 e. The third-order valence-electron chi connectivity index (χ3n) is 4.82. The Bertz CT molecular complexity index is 445. The van der Waals surface area contributed by atoms with E-state index >= 15 is 0 Å². The van der Waals surface area contributed by atoms with Crippen LogP contribution in [0.5, 0.6) is 11.5 Å². The van der Waals surface area contributed by atoms with Gasteiger partial charge < -0.3 is 10.2 Å². The van der Waals surface area contributed by atoms with Crippen molar-refractivity contribution in [3.63, 3.8) is 0 Å². The summed E-state index contributed by atoms with van der Waals surface area (Å²) in [6, 6.07) is 4.95. The number of hydrogen-bond donors (Lipinski definition) is 2. The summed E-state index contributed by atoms with van der Waals surface area (Å²) >= 11 is 0. The van der Waals surface area contributed by atoms with Crippen molar-refractivity contribution in [2.45, 2.75) is 96.8 Å². The van der Waals surface area contributed by atoms with E-state index in [2.05, 4.69) is 19.1 Å². The van der Waals surface area contributed by atoms with Gasteiger partial charge in [0.15, 0.2) is 0 Å². The molecule has 142 valence electrons. The van der Waals surface area contributed by atoms with E-state index in [4.69, 9.17) is 0 Å². The Hall–Kier alpha value is -1.44. The monoisotopic (exact) mass is 346 g/mol. The van der Waals surface area contributed by atoms with Crippen LogP contribution in [0.2, 0.25) is 0 Å². The summed E-state index contributed by atoms with van der Waals surface area (Å²) in [6.07, 6.45) is 22.2. The molecule has 2 nitrogen and oxygen atoms in total. The van der Waals surface area contributed by atoms with Gasteiger partial charge in [0.05, 0.1) is 0 Å². The number of benzene rings is 1. The van der Waals surface area contributed by atoms with Gasteiger partial charge in [0.2, 0.25) is 0 Å². The fraction of sp³-hybridized carbons (Fsp3) is 0.652. The number of aromatic hydroxyl groups is 2. The fourth-order valence-electron chi connectivity index (χ4n) is 3.19. The average Bonchev–Trinajstić information content (AvgIpc) is 2.60. The van der Waals surface area contributed by atoms with Gasteiger partial charge in [0, 0.05) is 5.56 Å². The first kappa shape index (κ1) is 21.6. The average molecular weight is 347 g/mol. The Morgan fingerprint density at radius 1 is 0.680 bits per heavy atom. The molecular formula is C23H38O2. The molecule has 0 fully saturated rings. The van der Waals surface area contributed by atoms with Crippen molar-refractivity contribution in [1.29, 1.82) is 0 Å². The van der Waals surface area contributed by atoms with Gasteiger partial charge in [-0.15, -0.1) is 0 Å². The highest BCUT2D eigenvalue weighted by atomic mass is 16.3. The number of unbranched alkanes of at least 4 members (excludes halogenated alkanes) is 11. The minimum Gasteiger partial charge on any atom is -0.508 e. The Labute approximate surface area is 155 Å². The van der Waals surface area contributed by atoms with Gasteiger partial charge in [0.25, 0.3) is 0 Å². The Kier molecular flexibility index (Phi) is 12.8. The number of phenols is 2. The van der Waals surface area contributed by atoms with E-state index in [0.29, 0.717) is 5.56 Å². The van der Waals surface area contributed by atoms with E-state index in [1.165, 1.54) is 64.2 Å². The predicted octanol–water partition coefficient (Wildman–Crippen LogP) is 7.29. The van der Waals surface area contributed by atoms with E-state index in [-0.39, 0.29) is 11.5 Å². The number of rotatable bonds is 15. The summed E-state index contributed by atoms with van der Waals surface area (Å²) in [4.78, 5) is 0. The zero-order chi connectivity index (χ0) is 18.2. The van der Waals surface area contributed by atoms with E-state index < -0.39 is 0 Å². The summed E-state index contributed by atoms with van der Waals surface area (Å²) in [7, 11) is 0. The van der Waals surface area contributed by atoms with Crippen LogP contribution in [-0.2, 0) is 6.42 Å². The van der Waals surface area contributed by atoms with Crippen LogP contribution in [0.3, 0.4) is 0 Å². The lowest BCUT2D eigenvalue weighted by molar-refractivity contribution is 0.436. The van der Waals surface area contributed by atoms with Crippen LogP contribution in [0, 0.1) is 0 Å². The third kappa shape index (κ3) is 10.9. The highest BCUT2D eigenvalue weighted by molar-refractivity contribution is 5.42. The summed E-state index contributed by atoms with van der Waals surface area (Å²) in [5.41, 5.74) is 0.682.